The number of anilines is 1. The number of amides is 2. The molecule has 2 aliphatic rings. The largest absolute Gasteiger partial charge is 0.350 e. The molecule has 3 rings (SSSR count). The van der Waals surface area contributed by atoms with Crippen LogP contribution in [0.5, 0.6) is 0 Å². The van der Waals surface area contributed by atoms with Gasteiger partial charge in [0.25, 0.3) is 0 Å². The summed E-state index contributed by atoms with van der Waals surface area (Å²) in [5, 5.41) is 2.89. The van der Waals surface area contributed by atoms with Crippen molar-refractivity contribution in [3.8, 4) is 0 Å². The Balaban J connectivity index is 1.57. The maximum atomic E-state index is 12.0. The normalized spacial score (nSPS) is 20.2. The van der Waals surface area contributed by atoms with E-state index in [0.717, 1.165) is 43.5 Å². The van der Waals surface area contributed by atoms with Gasteiger partial charge in [0.05, 0.1) is 5.54 Å². The third-order valence-electron chi connectivity index (χ3n) is 4.47. The molecule has 0 bridgehead atoms. The number of nitrogens with one attached hydrogen (secondary N) is 1. The van der Waals surface area contributed by atoms with E-state index in [0.29, 0.717) is 13.0 Å². The van der Waals surface area contributed by atoms with E-state index in [4.69, 9.17) is 5.73 Å². The van der Waals surface area contributed by atoms with E-state index in [1.807, 2.05) is 29.2 Å². The first-order valence-electron chi connectivity index (χ1n) is 7.55. The summed E-state index contributed by atoms with van der Waals surface area (Å²) >= 11 is 0. The fourth-order valence-corrected chi connectivity index (χ4v) is 2.86. The van der Waals surface area contributed by atoms with Crippen LogP contribution in [0.25, 0.3) is 0 Å². The minimum atomic E-state index is -0.651. The number of benzene rings is 1. The van der Waals surface area contributed by atoms with Crippen LogP contribution in [0.3, 0.4) is 0 Å². The lowest BCUT2D eigenvalue weighted by atomic mass is 9.77. The van der Waals surface area contributed by atoms with Gasteiger partial charge in [0, 0.05) is 25.2 Å². The summed E-state index contributed by atoms with van der Waals surface area (Å²) in [4.78, 5) is 25.4. The molecule has 5 nitrogen and oxygen atoms in total. The Hall–Kier alpha value is -1.88. The van der Waals surface area contributed by atoms with E-state index in [2.05, 4.69) is 5.32 Å². The molecule has 0 spiro atoms. The van der Waals surface area contributed by atoms with Crippen LogP contribution < -0.4 is 16.0 Å². The maximum Gasteiger partial charge on any atom is 0.240 e. The molecule has 2 amide bonds. The van der Waals surface area contributed by atoms with Crippen molar-refractivity contribution in [1.29, 1.82) is 0 Å². The van der Waals surface area contributed by atoms with Crippen molar-refractivity contribution in [1.82, 2.24) is 5.32 Å². The van der Waals surface area contributed by atoms with Crippen molar-refractivity contribution >= 4 is 17.5 Å². The molecular formula is C16H21N3O2. The summed E-state index contributed by atoms with van der Waals surface area (Å²) in [7, 11) is 0. The van der Waals surface area contributed by atoms with Gasteiger partial charge in [-0.1, -0.05) is 12.1 Å². The SMILES string of the molecule is NC1(C(=O)NCc2ccc(N3CCCC3=O)cc2)CCC1. The lowest BCUT2D eigenvalue weighted by Crippen LogP contribution is -2.58. The first kappa shape index (κ1) is 14.1. The van der Waals surface area contributed by atoms with Gasteiger partial charge in [-0.2, -0.15) is 0 Å². The van der Waals surface area contributed by atoms with Gasteiger partial charge in [0.15, 0.2) is 0 Å². The highest BCUT2D eigenvalue weighted by atomic mass is 16.2. The molecule has 1 aromatic rings. The molecule has 1 aliphatic heterocycles. The predicted octanol–water partition coefficient (Wildman–Crippen LogP) is 1.31. The molecule has 1 aliphatic carbocycles. The topological polar surface area (TPSA) is 75.4 Å². The van der Waals surface area contributed by atoms with E-state index in [9.17, 15) is 9.59 Å². The van der Waals surface area contributed by atoms with E-state index >= 15 is 0 Å². The highest BCUT2D eigenvalue weighted by Crippen LogP contribution is 2.29. The number of hydrogen-bond acceptors (Lipinski definition) is 3. The predicted molar refractivity (Wildman–Crippen MR) is 80.6 cm³/mol. The zero-order chi connectivity index (χ0) is 14.9. The highest BCUT2D eigenvalue weighted by Gasteiger charge is 2.39. The van der Waals surface area contributed by atoms with Crippen LogP contribution in [0.4, 0.5) is 5.69 Å². The lowest BCUT2D eigenvalue weighted by molar-refractivity contribution is -0.129. The van der Waals surface area contributed by atoms with Crippen molar-refractivity contribution in [2.45, 2.75) is 44.2 Å². The first-order valence-corrected chi connectivity index (χ1v) is 7.55. The van der Waals surface area contributed by atoms with Crippen molar-refractivity contribution < 1.29 is 9.59 Å². The molecule has 0 atom stereocenters. The van der Waals surface area contributed by atoms with Gasteiger partial charge in [0.2, 0.25) is 11.8 Å². The quantitative estimate of drug-likeness (QED) is 0.876. The van der Waals surface area contributed by atoms with Gasteiger partial charge < -0.3 is 16.0 Å². The minimum absolute atomic E-state index is 0.0625. The van der Waals surface area contributed by atoms with Crippen LogP contribution in [0.1, 0.15) is 37.7 Å². The van der Waals surface area contributed by atoms with Gasteiger partial charge in [-0.3, -0.25) is 9.59 Å². The second kappa shape index (κ2) is 5.48. The monoisotopic (exact) mass is 287 g/mol. The Labute approximate surface area is 124 Å². The molecule has 1 heterocycles. The Morgan fingerprint density at radius 1 is 1.24 bits per heavy atom. The first-order chi connectivity index (χ1) is 10.1. The van der Waals surface area contributed by atoms with Gasteiger partial charge in [0.1, 0.15) is 0 Å². The zero-order valence-corrected chi connectivity index (χ0v) is 12.1. The summed E-state index contributed by atoms with van der Waals surface area (Å²) in [6.07, 6.45) is 4.14. The average Bonchev–Trinajstić information content (AvgIpc) is 2.89. The number of carbonyl (C=O) groups is 2. The van der Waals surface area contributed by atoms with Gasteiger partial charge in [-0.05, 0) is 43.4 Å². The van der Waals surface area contributed by atoms with E-state index < -0.39 is 5.54 Å². The smallest absolute Gasteiger partial charge is 0.240 e. The Morgan fingerprint density at radius 3 is 2.48 bits per heavy atom. The maximum absolute atomic E-state index is 12.0. The molecule has 21 heavy (non-hydrogen) atoms. The van der Waals surface area contributed by atoms with Crippen molar-refractivity contribution in [2.24, 2.45) is 5.73 Å². The third kappa shape index (κ3) is 2.78. The third-order valence-corrected chi connectivity index (χ3v) is 4.47. The number of nitrogens with two attached hydrogens (primary N) is 1. The minimum Gasteiger partial charge on any atom is -0.350 e. The molecule has 2 fully saturated rings. The van der Waals surface area contributed by atoms with Crippen molar-refractivity contribution in [3.05, 3.63) is 29.8 Å². The van der Waals surface area contributed by atoms with E-state index in [1.54, 1.807) is 0 Å². The molecule has 112 valence electrons. The van der Waals surface area contributed by atoms with Crippen LogP contribution >= 0.6 is 0 Å². The molecule has 5 heteroatoms. The standard InChI is InChI=1S/C16H21N3O2/c17-16(8-2-9-16)15(21)18-11-12-4-6-13(7-5-12)19-10-1-3-14(19)20/h4-7H,1-3,8-11,17H2,(H,18,21). The number of hydrogen-bond donors (Lipinski definition) is 2. The summed E-state index contributed by atoms with van der Waals surface area (Å²) in [5.74, 6) is 0.124. The van der Waals surface area contributed by atoms with Gasteiger partial charge in [-0.25, -0.2) is 0 Å². The zero-order valence-electron chi connectivity index (χ0n) is 12.1. The van der Waals surface area contributed by atoms with Crippen LogP contribution in [0.2, 0.25) is 0 Å². The lowest BCUT2D eigenvalue weighted by Gasteiger charge is -2.36. The van der Waals surface area contributed by atoms with Crippen LogP contribution in [0, 0.1) is 0 Å². The van der Waals surface area contributed by atoms with Crippen molar-refractivity contribution in [3.63, 3.8) is 0 Å². The molecule has 0 unspecified atom stereocenters. The number of carbonyl (C=O) groups excluding carboxylic acids is 2. The fourth-order valence-electron chi connectivity index (χ4n) is 2.86. The number of rotatable bonds is 4. The molecule has 1 saturated heterocycles. The van der Waals surface area contributed by atoms with Gasteiger partial charge >= 0.3 is 0 Å². The van der Waals surface area contributed by atoms with E-state index in [-0.39, 0.29) is 11.8 Å². The van der Waals surface area contributed by atoms with Crippen molar-refractivity contribution in [2.75, 3.05) is 11.4 Å². The second-order valence-corrected chi connectivity index (χ2v) is 6.01. The summed E-state index contributed by atoms with van der Waals surface area (Å²) in [5.41, 5.74) is 7.27. The average molecular weight is 287 g/mol. The summed E-state index contributed by atoms with van der Waals surface area (Å²) < 4.78 is 0. The summed E-state index contributed by atoms with van der Waals surface area (Å²) in [6, 6.07) is 7.77. The van der Waals surface area contributed by atoms with Gasteiger partial charge in [-0.15, -0.1) is 0 Å². The van der Waals surface area contributed by atoms with Crippen LogP contribution in [-0.4, -0.2) is 23.9 Å². The van der Waals surface area contributed by atoms with E-state index in [1.165, 1.54) is 0 Å². The molecular weight excluding hydrogens is 266 g/mol. The number of nitrogens with zero attached hydrogens (tertiary/aromatic N) is 1. The Kier molecular flexibility index (Phi) is 3.68. The molecule has 0 radical (unpaired) electrons. The Morgan fingerprint density at radius 2 is 1.95 bits per heavy atom. The van der Waals surface area contributed by atoms with Crippen LogP contribution in [-0.2, 0) is 16.1 Å². The molecule has 0 aromatic heterocycles. The second-order valence-electron chi connectivity index (χ2n) is 6.01. The molecule has 1 saturated carbocycles. The Bertz CT molecular complexity index is 549. The molecule has 1 aromatic carbocycles. The summed E-state index contributed by atoms with van der Waals surface area (Å²) in [6.45, 7) is 1.27. The highest BCUT2D eigenvalue weighted by molar-refractivity contribution is 5.95. The van der Waals surface area contributed by atoms with Crippen LogP contribution in [0.15, 0.2) is 24.3 Å². The fraction of sp³-hybridized carbons (Fsp3) is 0.500. The molecule has 3 N–H and O–H groups in total.